The third-order valence-electron chi connectivity index (χ3n) is 3.61. The Morgan fingerprint density at radius 3 is 1.35 bits per heavy atom. The number of hydrogen-bond acceptors (Lipinski definition) is 1. The summed E-state index contributed by atoms with van der Waals surface area (Å²) in [5.41, 5.74) is 3.84. The molecule has 0 unspecified atom stereocenters. The molecular weight excluding hydrogens is 280 g/mol. The smallest absolute Gasteiger partial charge is 0.130 e. The van der Waals surface area contributed by atoms with Crippen molar-refractivity contribution >= 4 is 24.3 Å². The minimum Gasteiger partial charge on any atom is -0.507 e. The van der Waals surface area contributed by atoms with Gasteiger partial charge in [0.2, 0.25) is 0 Å². The normalized spacial score (nSPS) is 11.3. The Morgan fingerprint density at radius 1 is 0.478 bits per heavy atom. The number of phenols is 1. The third-order valence-corrected chi connectivity index (χ3v) is 3.61. The van der Waals surface area contributed by atoms with Crippen molar-refractivity contribution in [2.75, 3.05) is 0 Å². The standard InChI is InChI=1S/C22H18O/c23-22-20(16-14-18-8-3-1-4-9-18)12-7-13-21(22)17-15-19-10-5-2-6-11-19/h1-17,23H/b16-14+,17-15+. The highest BCUT2D eigenvalue weighted by Gasteiger charge is 2.01. The molecule has 0 saturated carbocycles. The number of hydrogen-bond donors (Lipinski definition) is 1. The van der Waals surface area contributed by atoms with Crippen molar-refractivity contribution in [2.45, 2.75) is 0 Å². The molecule has 1 heteroatoms. The molecule has 0 amide bonds. The van der Waals surface area contributed by atoms with Crippen LogP contribution in [-0.2, 0) is 0 Å². The van der Waals surface area contributed by atoms with Crippen molar-refractivity contribution in [3.63, 3.8) is 0 Å². The zero-order chi connectivity index (χ0) is 15.9. The fraction of sp³-hybridized carbons (Fsp3) is 0. The molecule has 3 aromatic carbocycles. The summed E-state index contributed by atoms with van der Waals surface area (Å²) in [6.07, 6.45) is 7.87. The molecule has 23 heavy (non-hydrogen) atoms. The van der Waals surface area contributed by atoms with Gasteiger partial charge in [-0.1, -0.05) is 103 Å². The summed E-state index contributed by atoms with van der Waals surface area (Å²) < 4.78 is 0. The monoisotopic (exact) mass is 298 g/mol. The summed E-state index contributed by atoms with van der Waals surface area (Å²) in [4.78, 5) is 0. The molecule has 3 rings (SSSR count). The van der Waals surface area contributed by atoms with E-state index in [4.69, 9.17) is 0 Å². The number of benzene rings is 3. The van der Waals surface area contributed by atoms with Gasteiger partial charge in [-0.05, 0) is 11.1 Å². The molecule has 0 bridgehead atoms. The van der Waals surface area contributed by atoms with Crippen LogP contribution in [0, 0.1) is 0 Å². The summed E-state index contributed by atoms with van der Waals surface area (Å²) in [7, 11) is 0. The molecule has 0 saturated heterocycles. The first kappa shape index (κ1) is 14.9. The van der Waals surface area contributed by atoms with E-state index in [1.54, 1.807) is 0 Å². The highest BCUT2D eigenvalue weighted by atomic mass is 16.3. The number of phenolic OH excluding ortho intramolecular Hbond substituents is 1. The van der Waals surface area contributed by atoms with Crippen LogP contribution in [-0.4, -0.2) is 5.11 Å². The van der Waals surface area contributed by atoms with Gasteiger partial charge in [0, 0.05) is 11.1 Å². The van der Waals surface area contributed by atoms with E-state index in [1.165, 1.54) is 0 Å². The van der Waals surface area contributed by atoms with Crippen molar-refractivity contribution in [1.29, 1.82) is 0 Å². The Labute approximate surface area is 136 Å². The van der Waals surface area contributed by atoms with Crippen molar-refractivity contribution in [1.82, 2.24) is 0 Å². The van der Waals surface area contributed by atoms with Gasteiger partial charge in [0.25, 0.3) is 0 Å². The van der Waals surface area contributed by atoms with E-state index >= 15 is 0 Å². The fourth-order valence-electron chi connectivity index (χ4n) is 2.35. The number of aromatic hydroxyl groups is 1. The first-order valence-electron chi connectivity index (χ1n) is 7.61. The highest BCUT2D eigenvalue weighted by Crippen LogP contribution is 2.26. The summed E-state index contributed by atoms with van der Waals surface area (Å²) >= 11 is 0. The topological polar surface area (TPSA) is 20.2 Å². The van der Waals surface area contributed by atoms with Crippen LogP contribution >= 0.6 is 0 Å². The van der Waals surface area contributed by atoms with Crippen molar-refractivity contribution < 1.29 is 5.11 Å². The average Bonchev–Trinajstić information content (AvgIpc) is 2.61. The van der Waals surface area contributed by atoms with Crippen molar-refractivity contribution in [3.8, 4) is 5.75 Å². The molecule has 1 nitrogen and oxygen atoms in total. The zero-order valence-electron chi connectivity index (χ0n) is 12.8. The Morgan fingerprint density at radius 2 is 0.913 bits per heavy atom. The van der Waals surface area contributed by atoms with Crippen LogP contribution in [0.25, 0.3) is 24.3 Å². The van der Waals surface area contributed by atoms with Gasteiger partial charge < -0.3 is 5.11 Å². The first-order chi connectivity index (χ1) is 11.3. The molecule has 0 fully saturated rings. The number of para-hydroxylation sites is 1. The lowest BCUT2D eigenvalue weighted by Crippen LogP contribution is -1.80. The van der Waals surface area contributed by atoms with Crippen LogP contribution in [0.1, 0.15) is 22.3 Å². The number of rotatable bonds is 4. The van der Waals surface area contributed by atoms with Crippen LogP contribution in [0.5, 0.6) is 5.75 Å². The summed E-state index contributed by atoms with van der Waals surface area (Å²) in [5.74, 6) is 0.298. The van der Waals surface area contributed by atoms with Crippen LogP contribution in [0.2, 0.25) is 0 Å². The second kappa shape index (κ2) is 7.28. The Balaban J connectivity index is 1.84. The molecule has 1 N–H and O–H groups in total. The van der Waals surface area contributed by atoms with Crippen LogP contribution in [0.3, 0.4) is 0 Å². The van der Waals surface area contributed by atoms with E-state index in [-0.39, 0.29) is 0 Å². The minimum absolute atomic E-state index is 0.298. The third kappa shape index (κ3) is 3.98. The molecule has 0 heterocycles. The maximum absolute atomic E-state index is 10.4. The summed E-state index contributed by atoms with van der Waals surface area (Å²) in [6.45, 7) is 0. The second-order valence-corrected chi connectivity index (χ2v) is 5.27. The summed E-state index contributed by atoms with van der Waals surface area (Å²) in [6, 6.07) is 25.9. The van der Waals surface area contributed by atoms with Crippen molar-refractivity contribution in [2.24, 2.45) is 0 Å². The highest BCUT2D eigenvalue weighted by molar-refractivity contribution is 5.79. The summed E-state index contributed by atoms with van der Waals surface area (Å²) in [5, 5.41) is 10.4. The van der Waals surface area contributed by atoms with Crippen LogP contribution in [0.4, 0.5) is 0 Å². The van der Waals surface area contributed by atoms with E-state index in [9.17, 15) is 5.11 Å². The molecular formula is C22H18O. The lowest BCUT2D eigenvalue weighted by atomic mass is 10.1. The fourth-order valence-corrected chi connectivity index (χ4v) is 2.35. The maximum Gasteiger partial charge on any atom is 0.130 e. The zero-order valence-corrected chi connectivity index (χ0v) is 12.8. The van der Waals surface area contributed by atoms with Crippen molar-refractivity contribution in [3.05, 3.63) is 101 Å². The Hall–Kier alpha value is -3.06. The Bertz CT molecular complexity index is 747. The molecule has 0 aromatic heterocycles. The predicted octanol–water partition coefficient (Wildman–Crippen LogP) is 5.73. The molecule has 112 valence electrons. The quantitative estimate of drug-likeness (QED) is 0.609. The largest absolute Gasteiger partial charge is 0.507 e. The van der Waals surface area contributed by atoms with Crippen LogP contribution < -0.4 is 0 Å². The average molecular weight is 298 g/mol. The second-order valence-electron chi connectivity index (χ2n) is 5.27. The minimum atomic E-state index is 0.298. The van der Waals surface area contributed by atoms with Gasteiger partial charge >= 0.3 is 0 Å². The van der Waals surface area contributed by atoms with E-state index < -0.39 is 0 Å². The van der Waals surface area contributed by atoms with Gasteiger partial charge in [-0.2, -0.15) is 0 Å². The van der Waals surface area contributed by atoms with E-state index in [2.05, 4.69) is 0 Å². The van der Waals surface area contributed by atoms with E-state index in [1.807, 2.05) is 103 Å². The van der Waals surface area contributed by atoms with E-state index in [0.717, 1.165) is 22.3 Å². The van der Waals surface area contributed by atoms with Gasteiger partial charge in [0.1, 0.15) is 5.75 Å². The van der Waals surface area contributed by atoms with Crippen LogP contribution in [0.15, 0.2) is 78.9 Å². The molecule has 0 spiro atoms. The van der Waals surface area contributed by atoms with E-state index in [0.29, 0.717) is 5.75 Å². The van der Waals surface area contributed by atoms with Gasteiger partial charge in [-0.15, -0.1) is 0 Å². The maximum atomic E-state index is 10.4. The Kier molecular flexibility index (Phi) is 4.70. The molecule has 0 radical (unpaired) electrons. The predicted molar refractivity (Wildman–Crippen MR) is 98.8 cm³/mol. The van der Waals surface area contributed by atoms with Gasteiger partial charge in [-0.3, -0.25) is 0 Å². The lowest BCUT2D eigenvalue weighted by molar-refractivity contribution is 0.473. The molecule has 0 aliphatic carbocycles. The van der Waals surface area contributed by atoms with Gasteiger partial charge in [-0.25, -0.2) is 0 Å². The molecule has 0 aliphatic heterocycles. The first-order valence-corrected chi connectivity index (χ1v) is 7.61. The SMILES string of the molecule is Oc1c(/C=C/c2ccccc2)cccc1/C=C/c1ccccc1. The van der Waals surface area contributed by atoms with Gasteiger partial charge in [0.15, 0.2) is 0 Å². The molecule has 3 aromatic rings. The van der Waals surface area contributed by atoms with Gasteiger partial charge in [0.05, 0.1) is 0 Å². The molecule has 0 aliphatic rings. The molecule has 0 atom stereocenters. The lowest BCUT2D eigenvalue weighted by Gasteiger charge is -2.03.